The highest BCUT2D eigenvalue weighted by Gasteiger charge is 2.23. The van der Waals surface area contributed by atoms with Crippen LogP contribution in [0.2, 0.25) is 0 Å². The lowest BCUT2D eigenvalue weighted by atomic mass is 10.1. The third kappa shape index (κ3) is 4.27. The highest BCUT2D eigenvalue weighted by molar-refractivity contribution is 8.14. The smallest absolute Gasteiger partial charge is 0.157 e. The number of hydrogen-bond donors (Lipinski definition) is 1. The molecule has 1 N–H and O–H groups in total. The molecule has 0 fully saturated rings. The second kappa shape index (κ2) is 6.69. The molecule has 1 rings (SSSR count). The van der Waals surface area contributed by atoms with Crippen LogP contribution >= 0.6 is 23.5 Å². The van der Waals surface area contributed by atoms with Crippen molar-refractivity contribution in [2.45, 2.75) is 38.5 Å². The minimum Gasteiger partial charge on any atom is -0.361 e. The van der Waals surface area contributed by atoms with E-state index in [4.69, 9.17) is 0 Å². The molecule has 0 aliphatic carbocycles. The third-order valence-electron chi connectivity index (χ3n) is 2.61. The van der Waals surface area contributed by atoms with Gasteiger partial charge in [-0.05, 0) is 18.6 Å². The van der Waals surface area contributed by atoms with Crippen molar-refractivity contribution in [2.24, 2.45) is 10.9 Å². The Morgan fingerprint density at radius 2 is 2.33 bits per heavy atom. The summed E-state index contributed by atoms with van der Waals surface area (Å²) in [5.41, 5.74) is 0. The van der Waals surface area contributed by atoms with Crippen molar-refractivity contribution in [3.05, 3.63) is 0 Å². The molecular weight excluding hydrogens is 224 g/mol. The first-order chi connectivity index (χ1) is 7.17. The van der Waals surface area contributed by atoms with Crippen molar-refractivity contribution in [3.63, 3.8) is 0 Å². The van der Waals surface area contributed by atoms with E-state index >= 15 is 0 Å². The summed E-state index contributed by atoms with van der Waals surface area (Å²) in [5.74, 6) is 1.89. The summed E-state index contributed by atoms with van der Waals surface area (Å²) in [4.78, 5) is 4.57. The Bertz CT molecular complexity index is 217. The van der Waals surface area contributed by atoms with E-state index in [0.717, 1.165) is 17.6 Å². The van der Waals surface area contributed by atoms with Gasteiger partial charge in [0.25, 0.3) is 0 Å². The second-order valence-electron chi connectivity index (χ2n) is 4.25. The van der Waals surface area contributed by atoms with Gasteiger partial charge in [-0.15, -0.1) is 0 Å². The standard InChI is InChI=1S/C11H22N2S2/c1-5-9(7-14-4)13-11-12-6-10(15-11)8(2)3/h8-10H,5-7H2,1-4H3,(H,12,13). The number of amidine groups is 1. The van der Waals surface area contributed by atoms with Crippen LogP contribution in [0.15, 0.2) is 4.99 Å². The fourth-order valence-corrected chi connectivity index (χ4v) is 3.27. The van der Waals surface area contributed by atoms with Gasteiger partial charge < -0.3 is 5.32 Å². The minimum absolute atomic E-state index is 0.581. The van der Waals surface area contributed by atoms with Crippen molar-refractivity contribution in [2.75, 3.05) is 18.6 Å². The molecule has 0 aromatic heterocycles. The van der Waals surface area contributed by atoms with Crippen LogP contribution in [-0.2, 0) is 0 Å². The number of thioether (sulfide) groups is 2. The molecule has 0 saturated carbocycles. The molecule has 0 saturated heterocycles. The maximum Gasteiger partial charge on any atom is 0.157 e. The van der Waals surface area contributed by atoms with E-state index in [0.29, 0.717) is 11.3 Å². The SMILES string of the molecule is CCC(CSC)NC1=NCC(C(C)C)S1. The van der Waals surface area contributed by atoms with E-state index in [-0.39, 0.29) is 0 Å². The summed E-state index contributed by atoms with van der Waals surface area (Å²) in [6.07, 6.45) is 3.33. The van der Waals surface area contributed by atoms with Crippen molar-refractivity contribution in [3.8, 4) is 0 Å². The Labute approximate surface area is 102 Å². The Morgan fingerprint density at radius 1 is 1.60 bits per heavy atom. The van der Waals surface area contributed by atoms with Crippen molar-refractivity contribution in [1.29, 1.82) is 0 Å². The maximum absolute atomic E-state index is 4.57. The molecule has 0 amide bonds. The summed E-state index contributed by atoms with van der Waals surface area (Å²) in [5, 5.41) is 5.39. The molecule has 1 heterocycles. The lowest BCUT2D eigenvalue weighted by Crippen LogP contribution is -2.34. The molecule has 88 valence electrons. The van der Waals surface area contributed by atoms with E-state index in [2.05, 4.69) is 37.3 Å². The molecule has 0 aromatic carbocycles. The van der Waals surface area contributed by atoms with Crippen LogP contribution in [0.25, 0.3) is 0 Å². The summed E-state index contributed by atoms with van der Waals surface area (Å²) >= 11 is 3.82. The summed E-state index contributed by atoms with van der Waals surface area (Å²) < 4.78 is 0. The first-order valence-electron chi connectivity index (χ1n) is 5.64. The summed E-state index contributed by atoms with van der Waals surface area (Å²) in [6.45, 7) is 7.76. The molecule has 0 radical (unpaired) electrons. The molecular formula is C11H22N2S2. The maximum atomic E-state index is 4.57. The van der Waals surface area contributed by atoms with Crippen molar-refractivity contribution in [1.82, 2.24) is 5.32 Å². The average Bonchev–Trinajstić information content (AvgIpc) is 2.65. The van der Waals surface area contributed by atoms with Crippen LogP contribution in [0.4, 0.5) is 0 Å². The molecule has 4 heteroatoms. The van der Waals surface area contributed by atoms with Crippen LogP contribution in [-0.4, -0.2) is 35.0 Å². The van der Waals surface area contributed by atoms with Crippen LogP contribution in [0, 0.1) is 5.92 Å². The zero-order valence-electron chi connectivity index (χ0n) is 10.1. The van der Waals surface area contributed by atoms with Crippen LogP contribution in [0.5, 0.6) is 0 Å². The van der Waals surface area contributed by atoms with Gasteiger partial charge in [0.05, 0.1) is 6.54 Å². The lowest BCUT2D eigenvalue weighted by molar-refractivity contribution is 0.620. The monoisotopic (exact) mass is 246 g/mol. The molecule has 0 spiro atoms. The molecule has 1 aliphatic rings. The van der Waals surface area contributed by atoms with Gasteiger partial charge in [-0.1, -0.05) is 32.5 Å². The number of rotatable bonds is 5. The molecule has 2 unspecified atom stereocenters. The average molecular weight is 246 g/mol. The van der Waals surface area contributed by atoms with Gasteiger partial charge in [-0.25, -0.2) is 0 Å². The first kappa shape index (κ1) is 13.2. The van der Waals surface area contributed by atoms with Crippen molar-refractivity contribution < 1.29 is 0 Å². The zero-order chi connectivity index (χ0) is 11.3. The highest BCUT2D eigenvalue weighted by atomic mass is 32.2. The molecule has 2 nitrogen and oxygen atoms in total. The van der Waals surface area contributed by atoms with E-state index < -0.39 is 0 Å². The van der Waals surface area contributed by atoms with Crippen molar-refractivity contribution >= 4 is 28.7 Å². The lowest BCUT2D eigenvalue weighted by Gasteiger charge is -2.17. The Morgan fingerprint density at radius 3 is 2.80 bits per heavy atom. The van der Waals surface area contributed by atoms with Crippen LogP contribution in [0.3, 0.4) is 0 Å². The normalized spacial score (nSPS) is 23.0. The molecule has 0 bridgehead atoms. The number of aliphatic imine (C=N–C) groups is 1. The fourth-order valence-electron chi connectivity index (χ4n) is 1.45. The number of hydrogen-bond acceptors (Lipinski definition) is 4. The van der Waals surface area contributed by atoms with Gasteiger partial charge in [-0.3, -0.25) is 4.99 Å². The molecule has 0 aromatic rings. The first-order valence-corrected chi connectivity index (χ1v) is 7.91. The van der Waals surface area contributed by atoms with Crippen LogP contribution in [0.1, 0.15) is 27.2 Å². The van der Waals surface area contributed by atoms with E-state index in [1.54, 1.807) is 0 Å². The number of nitrogens with zero attached hydrogens (tertiary/aromatic N) is 1. The third-order valence-corrected chi connectivity index (χ3v) is 4.81. The molecule has 15 heavy (non-hydrogen) atoms. The molecule has 1 aliphatic heterocycles. The Balaban J connectivity index is 2.34. The highest BCUT2D eigenvalue weighted by Crippen LogP contribution is 2.26. The van der Waals surface area contributed by atoms with E-state index in [1.165, 1.54) is 12.2 Å². The summed E-state index contributed by atoms with van der Waals surface area (Å²) in [6, 6.07) is 0.581. The Kier molecular flexibility index (Phi) is 5.90. The molecule has 2 atom stereocenters. The topological polar surface area (TPSA) is 24.4 Å². The van der Waals surface area contributed by atoms with Gasteiger partial charge in [0.1, 0.15) is 0 Å². The van der Waals surface area contributed by atoms with Gasteiger partial charge in [0, 0.05) is 17.0 Å². The number of nitrogens with one attached hydrogen (secondary N) is 1. The van der Waals surface area contributed by atoms with E-state index in [1.807, 2.05) is 23.5 Å². The zero-order valence-corrected chi connectivity index (χ0v) is 11.8. The van der Waals surface area contributed by atoms with E-state index in [9.17, 15) is 0 Å². The Hall–Kier alpha value is 0.170. The quantitative estimate of drug-likeness (QED) is 0.807. The summed E-state index contributed by atoms with van der Waals surface area (Å²) in [7, 11) is 0. The minimum atomic E-state index is 0.581. The van der Waals surface area contributed by atoms with Crippen LogP contribution < -0.4 is 5.32 Å². The second-order valence-corrected chi connectivity index (χ2v) is 6.39. The van der Waals surface area contributed by atoms with Gasteiger partial charge in [0.15, 0.2) is 5.17 Å². The largest absolute Gasteiger partial charge is 0.361 e. The fraction of sp³-hybridized carbons (Fsp3) is 0.909. The predicted octanol–water partition coefficient (Wildman–Crippen LogP) is 2.85. The van der Waals surface area contributed by atoms with Gasteiger partial charge in [0.2, 0.25) is 0 Å². The van der Waals surface area contributed by atoms with Gasteiger partial charge in [-0.2, -0.15) is 11.8 Å². The van der Waals surface area contributed by atoms with Gasteiger partial charge >= 0.3 is 0 Å². The predicted molar refractivity (Wildman–Crippen MR) is 74.1 cm³/mol.